The summed E-state index contributed by atoms with van der Waals surface area (Å²) in [4.78, 5) is 18.9. The number of fused-ring (bicyclic) bond motifs is 1. The summed E-state index contributed by atoms with van der Waals surface area (Å²) in [6, 6.07) is 15.5. The molecular weight excluding hydrogens is 451 g/mol. The van der Waals surface area contributed by atoms with Crippen LogP contribution in [0.15, 0.2) is 53.5 Å². The summed E-state index contributed by atoms with van der Waals surface area (Å²) in [5.41, 5.74) is 3.86. The van der Waals surface area contributed by atoms with Crippen molar-refractivity contribution in [1.29, 1.82) is 0 Å². The number of amides is 1. The zero-order valence-electron chi connectivity index (χ0n) is 15.2. The number of carbonyl (C=O) groups is 1. The molecule has 0 radical (unpaired) electrons. The molecule has 0 fully saturated rings. The van der Waals surface area contributed by atoms with Crippen LogP contribution in [0.2, 0.25) is 0 Å². The first-order chi connectivity index (χ1) is 12.7. The minimum absolute atomic E-state index is 0. The maximum Gasteiger partial charge on any atom is 0.246 e. The number of hydrogen-bond acceptors (Lipinski definition) is 2. The van der Waals surface area contributed by atoms with Crippen molar-refractivity contribution < 1.29 is 4.79 Å². The predicted molar refractivity (Wildman–Crippen MR) is 122 cm³/mol. The third-order valence-electron chi connectivity index (χ3n) is 4.16. The smallest absolute Gasteiger partial charge is 0.246 e. The number of nitrogens with one attached hydrogen (secondary N) is 2. The molecule has 1 aliphatic rings. The minimum atomic E-state index is -0.179. The van der Waals surface area contributed by atoms with Gasteiger partial charge in [-0.15, -0.1) is 30.4 Å². The van der Waals surface area contributed by atoms with Crippen molar-refractivity contribution in [3.63, 3.8) is 0 Å². The van der Waals surface area contributed by atoms with Crippen LogP contribution in [0.3, 0.4) is 0 Å². The Hall–Kier alpha value is -2.53. The molecule has 0 saturated carbocycles. The average Bonchev–Trinajstić information content (AvgIpc) is 3.09. The third kappa shape index (κ3) is 5.23. The van der Waals surface area contributed by atoms with E-state index in [9.17, 15) is 4.79 Å². The van der Waals surface area contributed by atoms with Gasteiger partial charge < -0.3 is 15.5 Å². The van der Waals surface area contributed by atoms with Gasteiger partial charge in [-0.25, -0.2) is 4.99 Å². The Labute approximate surface area is 177 Å². The van der Waals surface area contributed by atoms with Gasteiger partial charge in [0.1, 0.15) is 6.54 Å². The van der Waals surface area contributed by atoms with E-state index >= 15 is 0 Å². The molecule has 2 aromatic carbocycles. The van der Waals surface area contributed by atoms with Crippen molar-refractivity contribution in [3.8, 4) is 12.3 Å². The van der Waals surface area contributed by atoms with Gasteiger partial charge in [-0.05, 0) is 43.2 Å². The lowest BCUT2D eigenvalue weighted by atomic mass is 10.2. The summed E-state index contributed by atoms with van der Waals surface area (Å²) >= 11 is 0. The highest BCUT2D eigenvalue weighted by Crippen LogP contribution is 2.27. The van der Waals surface area contributed by atoms with E-state index in [1.807, 2.05) is 37.3 Å². The first-order valence-corrected chi connectivity index (χ1v) is 8.71. The molecule has 3 rings (SSSR count). The average molecular weight is 474 g/mol. The molecule has 27 heavy (non-hydrogen) atoms. The third-order valence-corrected chi connectivity index (χ3v) is 4.16. The van der Waals surface area contributed by atoms with E-state index in [-0.39, 0.29) is 36.4 Å². The van der Waals surface area contributed by atoms with Crippen molar-refractivity contribution in [1.82, 2.24) is 5.32 Å². The molecule has 1 aliphatic heterocycles. The number of aliphatic imine (C=N–C) groups is 1. The normalized spacial score (nSPS) is 12.6. The molecule has 6 heteroatoms. The number of benzene rings is 2. The van der Waals surface area contributed by atoms with Crippen molar-refractivity contribution in [2.45, 2.75) is 13.3 Å². The molecule has 1 heterocycles. The van der Waals surface area contributed by atoms with Gasteiger partial charge >= 0.3 is 0 Å². The fourth-order valence-corrected chi connectivity index (χ4v) is 2.99. The maximum absolute atomic E-state index is 12.3. The van der Waals surface area contributed by atoms with Gasteiger partial charge in [-0.2, -0.15) is 0 Å². The number of carbonyl (C=O) groups excluding carboxylic acids is 1. The zero-order valence-corrected chi connectivity index (χ0v) is 17.6. The lowest BCUT2D eigenvalue weighted by Crippen LogP contribution is -2.41. The molecule has 0 atom stereocenters. The monoisotopic (exact) mass is 474 g/mol. The van der Waals surface area contributed by atoms with Crippen molar-refractivity contribution >= 4 is 47.2 Å². The first kappa shape index (κ1) is 20.8. The van der Waals surface area contributed by atoms with E-state index in [1.54, 1.807) is 6.07 Å². The number of rotatable bonds is 4. The van der Waals surface area contributed by atoms with E-state index < -0.39 is 0 Å². The molecule has 1 amide bonds. The molecule has 0 aliphatic carbocycles. The Bertz CT molecular complexity index is 872. The van der Waals surface area contributed by atoms with Crippen LogP contribution in [0.25, 0.3) is 0 Å². The fraction of sp³-hybridized carbons (Fsp3) is 0.238. The highest BCUT2D eigenvalue weighted by molar-refractivity contribution is 14.0. The summed E-state index contributed by atoms with van der Waals surface area (Å²) in [6.45, 7) is 3.66. The van der Waals surface area contributed by atoms with Crippen LogP contribution in [0.4, 0.5) is 11.4 Å². The maximum atomic E-state index is 12.3. The highest BCUT2D eigenvalue weighted by Gasteiger charge is 2.22. The second-order valence-corrected chi connectivity index (χ2v) is 5.97. The van der Waals surface area contributed by atoms with Crippen LogP contribution in [0.1, 0.15) is 18.1 Å². The van der Waals surface area contributed by atoms with Crippen LogP contribution in [0.5, 0.6) is 0 Å². The summed E-state index contributed by atoms with van der Waals surface area (Å²) in [5, 5.41) is 6.11. The summed E-state index contributed by atoms with van der Waals surface area (Å²) in [7, 11) is 0. The minimum Gasteiger partial charge on any atom is -0.356 e. The summed E-state index contributed by atoms with van der Waals surface area (Å²) in [6.07, 6.45) is 6.37. The van der Waals surface area contributed by atoms with Gasteiger partial charge in [0.15, 0.2) is 5.96 Å². The largest absolute Gasteiger partial charge is 0.356 e. The SMILES string of the molecule is C#Cc1cccc(NC(=O)CN=C(NCC)N2CCc3ccccc32)c1.I. The van der Waals surface area contributed by atoms with Gasteiger partial charge in [0.2, 0.25) is 5.91 Å². The van der Waals surface area contributed by atoms with E-state index in [1.165, 1.54) is 5.56 Å². The number of para-hydroxylation sites is 1. The summed E-state index contributed by atoms with van der Waals surface area (Å²) in [5.74, 6) is 3.11. The first-order valence-electron chi connectivity index (χ1n) is 8.71. The molecule has 5 nitrogen and oxygen atoms in total. The van der Waals surface area contributed by atoms with Gasteiger partial charge in [0, 0.05) is 30.0 Å². The topological polar surface area (TPSA) is 56.7 Å². The van der Waals surface area contributed by atoms with E-state index in [0.717, 1.165) is 36.7 Å². The fourth-order valence-electron chi connectivity index (χ4n) is 2.99. The predicted octanol–water partition coefficient (Wildman–Crippen LogP) is 3.25. The second kappa shape index (κ2) is 9.97. The molecule has 2 N–H and O–H groups in total. The molecule has 0 spiro atoms. The second-order valence-electron chi connectivity index (χ2n) is 5.97. The molecule has 0 saturated heterocycles. The quantitative estimate of drug-likeness (QED) is 0.310. The van der Waals surface area contributed by atoms with Gasteiger partial charge in [-0.3, -0.25) is 4.79 Å². The molecule has 0 aromatic heterocycles. The van der Waals surface area contributed by atoms with Gasteiger partial charge in [0.25, 0.3) is 0 Å². The number of hydrogen-bond donors (Lipinski definition) is 2. The van der Waals surface area contributed by atoms with Gasteiger partial charge in [0.05, 0.1) is 0 Å². The van der Waals surface area contributed by atoms with Crippen LogP contribution in [-0.2, 0) is 11.2 Å². The Morgan fingerprint density at radius 1 is 1.26 bits per heavy atom. The standard InChI is InChI=1S/C21H22N4O.HI/c1-3-16-8-7-10-18(14-16)24-20(26)15-23-21(22-4-2)25-13-12-17-9-5-6-11-19(17)25;/h1,5-11,14H,4,12-13,15H2,2H3,(H,22,23)(H,24,26);1H. The number of halogens is 1. The van der Waals surface area contributed by atoms with Crippen molar-refractivity contribution in [2.24, 2.45) is 4.99 Å². The zero-order chi connectivity index (χ0) is 18.4. The molecule has 2 aromatic rings. The molecule has 0 bridgehead atoms. The Kier molecular flexibility index (Phi) is 7.67. The number of nitrogens with zero attached hydrogens (tertiary/aromatic N) is 2. The van der Waals surface area contributed by atoms with Crippen LogP contribution < -0.4 is 15.5 Å². The van der Waals surface area contributed by atoms with Crippen molar-refractivity contribution in [3.05, 3.63) is 59.7 Å². The molecule has 0 unspecified atom stereocenters. The Morgan fingerprint density at radius 3 is 2.85 bits per heavy atom. The van der Waals surface area contributed by atoms with Crippen LogP contribution in [-0.4, -0.2) is 31.5 Å². The molecule has 140 valence electrons. The summed E-state index contributed by atoms with van der Waals surface area (Å²) < 4.78 is 0. The number of guanidine groups is 1. The number of terminal acetylenes is 1. The van der Waals surface area contributed by atoms with Crippen LogP contribution in [0, 0.1) is 12.3 Å². The van der Waals surface area contributed by atoms with E-state index in [4.69, 9.17) is 6.42 Å². The van der Waals surface area contributed by atoms with E-state index in [2.05, 4.69) is 38.6 Å². The highest BCUT2D eigenvalue weighted by atomic mass is 127. The lowest BCUT2D eigenvalue weighted by Gasteiger charge is -2.22. The lowest BCUT2D eigenvalue weighted by molar-refractivity contribution is -0.114. The molecular formula is C21H23IN4O. The van der Waals surface area contributed by atoms with Gasteiger partial charge in [-0.1, -0.05) is 30.2 Å². The Morgan fingerprint density at radius 2 is 2.07 bits per heavy atom. The van der Waals surface area contributed by atoms with Crippen LogP contribution >= 0.6 is 24.0 Å². The Balaban J connectivity index is 0.00000261. The van der Waals surface area contributed by atoms with Crippen molar-refractivity contribution in [2.75, 3.05) is 29.9 Å². The number of anilines is 2. The van der Waals surface area contributed by atoms with E-state index in [0.29, 0.717) is 5.69 Å².